The Balaban J connectivity index is 0.00000161. The molecule has 1 aromatic rings. The number of nitrogens with zero attached hydrogens (tertiary/aromatic N) is 2. The maximum Gasteiger partial charge on any atom is 0.257 e. The van der Waals surface area contributed by atoms with E-state index in [1.54, 1.807) is 0 Å². The first-order valence-electron chi connectivity index (χ1n) is 7.46. The Morgan fingerprint density at radius 2 is 2.00 bits per heavy atom. The van der Waals surface area contributed by atoms with E-state index in [4.69, 9.17) is 4.42 Å². The summed E-state index contributed by atoms with van der Waals surface area (Å²) < 4.78 is 5.46. The highest BCUT2D eigenvalue weighted by Crippen LogP contribution is 2.18. The van der Waals surface area contributed by atoms with Crippen molar-refractivity contribution in [3.05, 3.63) is 23.2 Å². The molecule has 0 aliphatic carbocycles. The van der Waals surface area contributed by atoms with Crippen LogP contribution < -0.4 is 5.32 Å². The smallest absolute Gasteiger partial charge is 0.257 e. The number of furan rings is 1. The molecule has 2 aliphatic heterocycles. The molecule has 0 radical (unpaired) electrons. The molecule has 0 aromatic carbocycles. The van der Waals surface area contributed by atoms with Gasteiger partial charge in [-0.25, -0.2) is 0 Å². The van der Waals surface area contributed by atoms with Crippen molar-refractivity contribution in [1.82, 2.24) is 15.1 Å². The minimum absolute atomic E-state index is 0. The Bertz CT molecular complexity index is 489. The van der Waals surface area contributed by atoms with Gasteiger partial charge in [0.25, 0.3) is 5.91 Å². The van der Waals surface area contributed by atoms with E-state index in [0.29, 0.717) is 6.04 Å². The van der Waals surface area contributed by atoms with Gasteiger partial charge in [-0.3, -0.25) is 9.69 Å². The monoisotopic (exact) mass is 313 g/mol. The summed E-state index contributed by atoms with van der Waals surface area (Å²) in [6.45, 7) is 9.56. The predicted octanol–water partition coefficient (Wildman–Crippen LogP) is 1.44. The molecule has 2 aliphatic rings. The molecule has 5 nitrogen and oxygen atoms in total. The van der Waals surface area contributed by atoms with Crippen LogP contribution in [-0.4, -0.2) is 61.0 Å². The van der Waals surface area contributed by atoms with E-state index in [-0.39, 0.29) is 18.3 Å². The molecule has 3 rings (SSSR count). The fraction of sp³-hybridized carbons (Fsp3) is 0.667. The average molecular weight is 314 g/mol. The van der Waals surface area contributed by atoms with E-state index >= 15 is 0 Å². The first-order valence-corrected chi connectivity index (χ1v) is 7.46. The zero-order valence-electron chi connectivity index (χ0n) is 12.7. The van der Waals surface area contributed by atoms with Crippen LogP contribution in [0.15, 0.2) is 10.5 Å². The summed E-state index contributed by atoms with van der Waals surface area (Å²) in [5.41, 5.74) is 0.721. The molecule has 0 saturated carbocycles. The minimum Gasteiger partial charge on any atom is -0.466 e. The van der Waals surface area contributed by atoms with Gasteiger partial charge in [-0.2, -0.15) is 0 Å². The SMILES string of the molecule is Cc1cc(C(=O)N2CCN(C3CCNC3)CC2)c(C)o1.Cl. The first kappa shape index (κ1) is 16.3. The summed E-state index contributed by atoms with van der Waals surface area (Å²) in [5, 5.41) is 3.41. The van der Waals surface area contributed by atoms with Crippen LogP contribution in [0.25, 0.3) is 0 Å². The third-order valence-corrected chi connectivity index (χ3v) is 4.42. The fourth-order valence-corrected chi connectivity index (χ4v) is 3.25. The van der Waals surface area contributed by atoms with Crippen LogP contribution in [0.4, 0.5) is 0 Å². The largest absolute Gasteiger partial charge is 0.466 e. The number of halogens is 1. The molecule has 3 heterocycles. The molecule has 0 spiro atoms. The second-order valence-corrected chi connectivity index (χ2v) is 5.80. The Morgan fingerprint density at radius 1 is 1.29 bits per heavy atom. The fourth-order valence-electron chi connectivity index (χ4n) is 3.25. The maximum atomic E-state index is 12.5. The van der Waals surface area contributed by atoms with E-state index in [1.807, 2.05) is 24.8 Å². The number of hydrogen-bond acceptors (Lipinski definition) is 4. The summed E-state index contributed by atoms with van der Waals surface area (Å²) in [4.78, 5) is 17.0. The number of carbonyl (C=O) groups excluding carboxylic acids is 1. The van der Waals surface area contributed by atoms with Gasteiger partial charge < -0.3 is 14.6 Å². The molecular weight excluding hydrogens is 290 g/mol. The van der Waals surface area contributed by atoms with Gasteiger partial charge in [0.1, 0.15) is 11.5 Å². The predicted molar refractivity (Wildman–Crippen MR) is 84.2 cm³/mol. The minimum atomic E-state index is 0. The Morgan fingerprint density at radius 3 is 2.52 bits per heavy atom. The van der Waals surface area contributed by atoms with Crippen molar-refractivity contribution in [1.29, 1.82) is 0 Å². The van der Waals surface area contributed by atoms with Crippen LogP contribution in [-0.2, 0) is 0 Å². The van der Waals surface area contributed by atoms with Crippen molar-refractivity contribution in [2.75, 3.05) is 39.3 Å². The molecule has 2 saturated heterocycles. The number of amides is 1. The Labute approximate surface area is 132 Å². The topological polar surface area (TPSA) is 48.7 Å². The summed E-state index contributed by atoms with van der Waals surface area (Å²) in [7, 11) is 0. The second-order valence-electron chi connectivity index (χ2n) is 5.80. The number of hydrogen-bond donors (Lipinski definition) is 1. The molecule has 21 heavy (non-hydrogen) atoms. The number of rotatable bonds is 2. The van der Waals surface area contributed by atoms with Gasteiger partial charge in [-0.05, 0) is 32.9 Å². The molecule has 0 bridgehead atoms. The lowest BCUT2D eigenvalue weighted by Gasteiger charge is -2.37. The number of carbonyl (C=O) groups is 1. The molecular formula is C15H24ClN3O2. The molecule has 6 heteroatoms. The van der Waals surface area contributed by atoms with E-state index in [2.05, 4.69) is 10.2 Å². The van der Waals surface area contributed by atoms with E-state index in [1.165, 1.54) is 6.42 Å². The van der Waals surface area contributed by atoms with Crippen LogP contribution in [0.3, 0.4) is 0 Å². The zero-order valence-corrected chi connectivity index (χ0v) is 13.5. The number of nitrogens with one attached hydrogen (secondary N) is 1. The first-order chi connectivity index (χ1) is 9.65. The lowest BCUT2D eigenvalue weighted by atomic mass is 10.1. The van der Waals surface area contributed by atoms with Crippen LogP contribution in [0, 0.1) is 13.8 Å². The third kappa shape index (κ3) is 3.42. The molecule has 1 aromatic heterocycles. The molecule has 1 atom stereocenters. The standard InChI is InChI=1S/C15H23N3O2.ClH/c1-11-9-14(12(2)20-11)15(19)18-7-5-17(6-8-18)13-3-4-16-10-13;/h9,13,16H,3-8,10H2,1-2H3;1H. The van der Waals surface area contributed by atoms with Gasteiger partial charge in [0.15, 0.2) is 0 Å². The summed E-state index contributed by atoms with van der Waals surface area (Å²) in [6, 6.07) is 2.51. The van der Waals surface area contributed by atoms with Crippen LogP contribution in [0.2, 0.25) is 0 Å². The highest BCUT2D eigenvalue weighted by molar-refractivity contribution is 5.95. The average Bonchev–Trinajstić information content (AvgIpc) is 3.08. The third-order valence-electron chi connectivity index (χ3n) is 4.42. The van der Waals surface area contributed by atoms with Crippen molar-refractivity contribution in [3.8, 4) is 0 Å². The second kappa shape index (κ2) is 6.81. The van der Waals surface area contributed by atoms with Gasteiger partial charge in [-0.15, -0.1) is 12.4 Å². The Kier molecular flexibility index (Phi) is 5.30. The highest BCUT2D eigenvalue weighted by Gasteiger charge is 2.29. The normalized spacial score (nSPS) is 23.1. The van der Waals surface area contributed by atoms with Gasteiger partial charge >= 0.3 is 0 Å². The lowest BCUT2D eigenvalue weighted by molar-refractivity contribution is 0.0582. The molecule has 118 valence electrons. The lowest BCUT2D eigenvalue weighted by Crippen LogP contribution is -2.52. The van der Waals surface area contributed by atoms with Crippen molar-refractivity contribution < 1.29 is 9.21 Å². The van der Waals surface area contributed by atoms with Crippen molar-refractivity contribution >= 4 is 18.3 Å². The molecule has 1 unspecified atom stereocenters. The van der Waals surface area contributed by atoms with Crippen molar-refractivity contribution in [3.63, 3.8) is 0 Å². The van der Waals surface area contributed by atoms with Crippen LogP contribution >= 0.6 is 12.4 Å². The molecule has 2 fully saturated rings. The van der Waals surface area contributed by atoms with Gasteiger partial charge in [0, 0.05) is 38.8 Å². The van der Waals surface area contributed by atoms with E-state index < -0.39 is 0 Å². The molecule has 1 amide bonds. The van der Waals surface area contributed by atoms with Gasteiger partial charge in [-0.1, -0.05) is 0 Å². The quantitative estimate of drug-likeness (QED) is 0.897. The van der Waals surface area contributed by atoms with Gasteiger partial charge in [0.2, 0.25) is 0 Å². The zero-order chi connectivity index (χ0) is 14.1. The molecule has 1 N–H and O–H groups in total. The maximum absolute atomic E-state index is 12.5. The van der Waals surface area contributed by atoms with Gasteiger partial charge in [0.05, 0.1) is 5.56 Å². The van der Waals surface area contributed by atoms with E-state index in [0.717, 1.165) is 56.4 Å². The summed E-state index contributed by atoms with van der Waals surface area (Å²) in [6.07, 6.45) is 1.23. The highest BCUT2D eigenvalue weighted by atomic mass is 35.5. The summed E-state index contributed by atoms with van der Waals surface area (Å²) >= 11 is 0. The summed E-state index contributed by atoms with van der Waals surface area (Å²) in [5.74, 6) is 1.65. The number of piperazine rings is 1. The van der Waals surface area contributed by atoms with E-state index in [9.17, 15) is 4.79 Å². The Hall–Kier alpha value is -1.04. The van der Waals surface area contributed by atoms with Crippen molar-refractivity contribution in [2.45, 2.75) is 26.3 Å². The van der Waals surface area contributed by atoms with Crippen LogP contribution in [0.5, 0.6) is 0 Å². The number of aryl methyl sites for hydroxylation is 2. The van der Waals surface area contributed by atoms with Crippen molar-refractivity contribution in [2.24, 2.45) is 0 Å². The van der Waals surface area contributed by atoms with Crippen LogP contribution in [0.1, 0.15) is 28.3 Å².